The Bertz CT molecular complexity index is 446. The maximum atomic E-state index is 10.5. The third-order valence-corrected chi connectivity index (χ3v) is 5.19. The van der Waals surface area contributed by atoms with E-state index >= 15 is 0 Å². The van der Waals surface area contributed by atoms with Gasteiger partial charge in [0.25, 0.3) is 0 Å². The van der Waals surface area contributed by atoms with E-state index in [4.69, 9.17) is 9.84 Å². The van der Waals surface area contributed by atoms with Crippen LogP contribution in [0.2, 0.25) is 0 Å². The summed E-state index contributed by atoms with van der Waals surface area (Å²) in [6, 6.07) is 0. The minimum absolute atomic E-state index is 0.0329. The smallest absolute Gasteiger partial charge is 0.303 e. The molecule has 26 heavy (non-hydrogen) atoms. The third-order valence-electron chi connectivity index (χ3n) is 5.19. The van der Waals surface area contributed by atoms with Crippen LogP contribution in [-0.2, 0) is 9.53 Å². The molecule has 0 aromatic heterocycles. The maximum absolute atomic E-state index is 10.5. The summed E-state index contributed by atoms with van der Waals surface area (Å²) in [5.74, 6) is -0.621. The summed E-state index contributed by atoms with van der Waals surface area (Å²) in [4.78, 5) is 10.5. The first-order valence-electron chi connectivity index (χ1n) is 9.93. The van der Waals surface area contributed by atoms with Crippen molar-refractivity contribution in [1.82, 2.24) is 0 Å². The lowest BCUT2D eigenvalue weighted by Gasteiger charge is -2.21. The van der Waals surface area contributed by atoms with E-state index < -0.39 is 18.2 Å². The number of hydrogen-bond donors (Lipinski definition) is 3. The van der Waals surface area contributed by atoms with Gasteiger partial charge in [0.1, 0.15) is 0 Å². The summed E-state index contributed by atoms with van der Waals surface area (Å²) in [5.41, 5.74) is 0. The van der Waals surface area contributed by atoms with Gasteiger partial charge in [0.2, 0.25) is 0 Å². The van der Waals surface area contributed by atoms with Crippen LogP contribution in [0.4, 0.5) is 0 Å². The zero-order chi connectivity index (χ0) is 19.4. The van der Waals surface area contributed by atoms with E-state index in [1.54, 1.807) is 7.11 Å². The Kier molecular flexibility index (Phi) is 11.5. The average Bonchev–Trinajstić information content (AvgIpc) is 2.91. The molecule has 1 saturated carbocycles. The Morgan fingerprint density at radius 1 is 1.27 bits per heavy atom. The standard InChI is InChI=1S/C21H36O5/c1-3-4-7-10-16(22)13-14-18-17(19(23)15-20(18)26-2)11-8-5-6-9-12-21(24)25/h5,8,13-14,16-20,22-23H,3-4,6-7,9-12,15H2,1-2H3,(H,24,25)/b8-5-,14-13+/t16-,17+,18+,19-,20+/m0/s1. The Morgan fingerprint density at radius 3 is 2.69 bits per heavy atom. The van der Waals surface area contributed by atoms with E-state index in [2.05, 4.69) is 6.92 Å². The van der Waals surface area contributed by atoms with Crippen molar-refractivity contribution in [2.75, 3.05) is 7.11 Å². The van der Waals surface area contributed by atoms with Crippen molar-refractivity contribution in [2.45, 2.75) is 83.0 Å². The minimum atomic E-state index is -0.768. The Morgan fingerprint density at radius 2 is 2.04 bits per heavy atom. The lowest BCUT2D eigenvalue weighted by atomic mass is 9.89. The molecule has 0 bridgehead atoms. The number of aliphatic hydroxyl groups excluding tert-OH is 2. The lowest BCUT2D eigenvalue weighted by Crippen LogP contribution is -2.21. The van der Waals surface area contributed by atoms with Crippen LogP contribution < -0.4 is 0 Å². The van der Waals surface area contributed by atoms with Crippen LogP contribution in [0.5, 0.6) is 0 Å². The van der Waals surface area contributed by atoms with Gasteiger partial charge in [-0.25, -0.2) is 0 Å². The Labute approximate surface area is 157 Å². The van der Waals surface area contributed by atoms with Gasteiger partial charge in [-0.2, -0.15) is 0 Å². The largest absolute Gasteiger partial charge is 0.481 e. The molecule has 0 radical (unpaired) electrons. The SMILES string of the molecule is CCCCC[C@H](O)/C=C/[C@@H]1[C@@H](C/C=C\CCCC(=O)O)[C@@H](O)C[C@H]1OC. The second kappa shape index (κ2) is 13.1. The van der Waals surface area contributed by atoms with Gasteiger partial charge in [-0.3, -0.25) is 4.79 Å². The van der Waals surface area contributed by atoms with Gasteiger partial charge in [0.15, 0.2) is 0 Å². The van der Waals surface area contributed by atoms with E-state index in [0.717, 1.165) is 38.5 Å². The molecule has 5 heteroatoms. The molecule has 5 nitrogen and oxygen atoms in total. The molecule has 5 atom stereocenters. The van der Waals surface area contributed by atoms with Crippen molar-refractivity contribution in [3.63, 3.8) is 0 Å². The van der Waals surface area contributed by atoms with Crippen molar-refractivity contribution < 1.29 is 24.9 Å². The first-order valence-corrected chi connectivity index (χ1v) is 9.93. The van der Waals surface area contributed by atoms with E-state index in [1.807, 2.05) is 24.3 Å². The first-order chi connectivity index (χ1) is 12.5. The molecule has 0 heterocycles. The Hall–Kier alpha value is -1.17. The summed E-state index contributed by atoms with van der Waals surface area (Å²) in [6.07, 6.45) is 14.0. The zero-order valence-electron chi connectivity index (χ0n) is 16.2. The molecule has 1 aliphatic rings. The number of ether oxygens (including phenoxy) is 1. The molecule has 0 aromatic carbocycles. The molecule has 150 valence electrons. The van der Waals surface area contributed by atoms with Crippen LogP contribution in [0.15, 0.2) is 24.3 Å². The number of aliphatic hydroxyl groups is 2. The van der Waals surface area contributed by atoms with Crippen molar-refractivity contribution in [2.24, 2.45) is 11.8 Å². The maximum Gasteiger partial charge on any atom is 0.303 e. The fourth-order valence-corrected chi connectivity index (χ4v) is 3.63. The number of hydrogen-bond acceptors (Lipinski definition) is 4. The number of carboxylic acid groups (broad SMARTS) is 1. The fourth-order valence-electron chi connectivity index (χ4n) is 3.63. The summed E-state index contributed by atoms with van der Waals surface area (Å²) >= 11 is 0. The van der Waals surface area contributed by atoms with Crippen LogP contribution in [0.1, 0.15) is 64.7 Å². The molecule has 3 N–H and O–H groups in total. The summed E-state index contributed by atoms with van der Waals surface area (Å²) in [6.45, 7) is 2.14. The second-order valence-electron chi connectivity index (χ2n) is 7.26. The highest BCUT2D eigenvalue weighted by Crippen LogP contribution is 2.38. The number of aliphatic carboxylic acids is 1. The topological polar surface area (TPSA) is 87.0 Å². The van der Waals surface area contributed by atoms with Crippen LogP contribution in [-0.4, -0.2) is 46.7 Å². The normalized spacial score (nSPS) is 27.5. The third kappa shape index (κ3) is 8.47. The number of rotatable bonds is 13. The van der Waals surface area contributed by atoms with E-state index in [9.17, 15) is 15.0 Å². The number of unbranched alkanes of at least 4 members (excludes halogenated alkanes) is 3. The van der Waals surface area contributed by atoms with E-state index in [1.165, 1.54) is 0 Å². The molecule has 0 amide bonds. The monoisotopic (exact) mass is 368 g/mol. The van der Waals surface area contributed by atoms with E-state index in [-0.39, 0.29) is 24.4 Å². The summed E-state index contributed by atoms with van der Waals surface area (Å²) < 4.78 is 5.54. The van der Waals surface area contributed by atoms with Gasteiger partial charge in [-0.05, 0) is 31.6 Å². The first kappa shape index (κ1) is 22.9. The van der Waals surface area contributed by atoms with Gasteiger partial charge in [-0.1, -0.05) is 50.5 Å². The van der Waals surface area contributed by atoms with Gasteiger partial charge >= 0.3 is 5.97 Å². The number of carbonyl (C=O) groups is 1. The molecule has 1 fully saturated rings. The molecule has 0 aromatic rings. The lowest BCUT2D eigenvalue weighted by molar-refractivity contribution is -0.137. The molecular formula is C21H36O5. The van der Waals surface area contributed by atoms with E-state index in [0.29, 0.717) is 12.8 Å². The highest BCUT2D eigenvalue weighted by Gasteiger charge is 2.40. The number of methoxy groups -OCH3 is 1. The second-order valence-corrected chi connectivity index (χ2v) is 7.26. The minimum Gasteiger partial charge on any atom is -0.481 e. The van der Waals surface area contributed by atoms with Gasteiger partial charge in [0.05, 0.1) is 18.3 Å². The molecule has 1 aliphatic carbocycles. The van der Waals surface area contributed by atoms with Crippen molar-refractivity contribution in [3.05, 3.63) is 24.3 Å². The predicted molar refractivity (Wildman–Crippen MR) is 103 cm³/mol. The summed E-state index contributed by atoms with van der Waals surface area (Å²) in [5, 5.41) is 29.1. The quantitative estimate of drug-likeness (QED) is 0.341. The van der Waals surface area contributed by atoms with Gasteiger partial charge < -0.3 is 20.1 Å². The van der Waals surface area contributed by atoms with Crippen molar-refractivity contribution in [1.29, 1.82) is 0 Å². The van der Waals surface area contributed by atoms with Gasteiger partial charge in [0, 0.05) is 25.9 Å². The van der Waals surface area contributed by atoms with Crippen molar-refractivity contribution >= 4 is 5.97 Å². The average molecular weight is 369 g/mol. The fraction of sp³-hybridized carbons (Fsp3) is 0.762. The van der Waals surface area contributed by atoms with Gasteiger partial charge in [-0.15, -0.1) is 0 Å². The van der Waals surface area contributed by atoms with Crippen molar-refractivity contribution in [3.8, 4) is 0 Å². The molecule has 0 unspecified atom stereocenters. The molecule has 1 rings (SSSR count). The number of allylic oxidation sites excluding steroid dienone is 2. The van der Waals surface area contributed by atoms with Crippen LogP contribution >= 0.6 is 0 Å². The Balaban J connectivity index is 2.54. The zero-order valence-corrected chi connectivity index (χ0v) is 16.2. The molecule has 0 aliphatic heterocycles. The highest BCUT2D eigenvalue weighted by atomic mass is 16.5. The molecule has 0 saturated heterocycles. The molecule has 0 spiro atoms. The molecular weight excluding hydrogens is 332 g/mol. The highest BCUT2D eigenvalue weighted by molar-refractivity contribution is 5.66. The van der Waals surface area contributed by atoms with Crippen LogP contribution in [0, 0.1) is 11.8 Å². The number of carboxylic acids is 1. The predicted octanol–water partition coefficient (Wildman–Crippen LogP) is 3.70. The summed E-state index contributed by atoms with van der Waals surface area (Å²) in [7, 11) is 1.67. The van der Waals surface area contributed by atoms with Crippen LogP contribution in [0.25, 0.3) is 0 Å². The van der Waals surface area contributed by atoms with Crippen LogP contribution in [0.3, 0.4) is 0 Å².